The third-order valence-electron chi connectivity index (χ3n) is 2.96. The van der Waals surface area contributed by atoms with Gasteiger partial charge in [0.25, 0.3) is 0 Å². The van der Waals surface area contributed by atoms with Crippen LogP contribution in [-0.2, 0) is 16.0 Å². The fraction of sp³-hybridized carbons (Fsp3) is 0.429. The van der Waals surface area contributed by atoms with Crippen molar-refractivity contribution in [3.63, 3.8) is 0 Å². The van der Waals surface area contributed by atoms with E-state index in [2.05, 4.69) is 14.7 Å². The minimum atomic E-state index is -0.126. The van der Waals surface area contributed by atoms with Crippen LogP contribution in [0.1, 0.15) is 31.5 Å². The number of hydrogen-bond acceptors (Lipinski definition) is 3. The number of rotatable bonds is 6. The van der Waals surface area contributed by atoms with E-state index in [0.29, 0.717) is 6.42 Å². The minimum Gasteiger partial charge on any atom is -0.469 e. The number of aromatic amines is 1. The predicted molar refractivity (Wildman–Crippen MR) is 70.3 cm³/mol. The van der Waals surface area contributed by atoms with E-state index in [1.54, 1.807) is 0 Å². The van der Waals surface area contributed by atoms with E-state index >= 15 is 0 Å². The quantitative estimate of drug-likeness (QED) is 0.630. The molecule has 1 heterocycles. The molecule has 0 bridgehead atoms. The summed E-state index contributed by atoms with van der Waals surface area (Å²) in [6.45, 7) is 0. The smallest absolute Gasteiger partial charge is 0.305 e. The number of nitrogens with one attached hydrogen (secondary N) is 1. The van der Waals surface area contributed by atoms with E-state index in [4.69, 9.17) is 0 Å². The molecule has 0 fully saturated rings. The van der Waals surface area contributed by atoms with Gasteiger partial charge in [0, 0.05) is 12.8 Å². The third kappa shape index (κ3) is 3.32. The summed E-state index contributed by atoms with van der Waals surface area (Å²) >= 11 is 0. The number of hydrogen-bond donors (Lipinski definition) is 1. The fourth-order valence-electron chi connectivity index (χ4n) is 1.96. The van der Waals surface area contributed by atoms with Gasteiger partial charge in [-0.05, 0) is 25.0 Å². The zero-order valence-corrected chi connectivity index (χ0v) is 10.6. The van der Waals surface area contributed by atoms with Gasteiger partial charge in [-0.15, -0.1) is 0 Å². The second kappa shape index (κ2) is 6.19. The van der Waals surface area contributed by atoms with Crippen molar-refractivity contribution in [1.29, 1.82) is 0 Å². The van der Waals surface area contributed by atoms with E-state index < -0.39 is 0 Å². The Morgan fingerprint density at radius 1 is 1.28 bits per heavy atom. The maximum Gasteiger partial charge on any atom is 0.305 e. The second-order valence-electron chi connectivity index (χ2n) is 4.34. The summed E-state index contributed by atoms with van der Waals surface area (Å²) in [7, 11) is 1.43. The average molecular weight is 246 g/mol. The molecule has 2 aromatic rings. The number of para-hydroxylation sites is 2. The van der Waals surface area contributed by atoms with Crippen molar-refractivity contribution in [2.24, 2.45) is 0 Å². The van der Waals surface area contributed by atoms with Gasteiger partial charge < -0.3 is 9.72 Å². The molecule has 96 valence electrons. The topological polar surface area (TPSA) is 55.0 Å². The molecule has 1 N–H and O–H groups in total. The maximum absolute atomic E-state index is 10.9. The molecule has 4 heteroatoms. The molecular weight excluding hydrogens is 228 g/mol. The van der Waals surface area contributed by atoms with Crippen LogP contribution in [0.4, 0.5) is 0 Å². The highest BCUT2D eigenvalue weighted by Gasteiger charge is 2.03. The minimum absolute atomic E-state index is 0.126. The Morgan fingerprint density at radius 2 is 2.11 bits per heavy atom. The number of carbonyl (C=O) groups excluding carboxylic acids is 1. The Kier molecular flexibility index (Phi) is 4.34. The van der Waals surface area contributed by atoms with E-state index in [-0.39, 0.29) is 5.97 Å². The van der Waals surface area contributed by atoms with E-state index in [9.17, 15) is 4.79 Å². The normalized spacial score (nSPS) is 10.7. The molecule has 0 spiro atoms. The summed E-state index contributed by atoms with van der Waals surface area (Å²) in [4.78, 5) is 18.7. The number of methoxy groups -OCH3 is 1. The van der Waals surface area contributed by atoms with Crippen LogP contribution in [0.2, 0.25) is 0 Å². The average Bonchev–Trinajstić information content (AvgIpc) is 2.80. The van der Waals surface area contributed by atoms with E-state index in [0.717, 1.165) is 42.5 Å². The molecular formula is C14H18N2O2. The van der Waals surface area contributed by atoms with Crippen LogP contribution in [-0.4, -0.2) is 23.0 Å². The van der Waals surface area contributed by atoms with Crippen molar-refractivity contribution in [3.8, 4) is 0 Å². The van der Waals surface area contributed by atoms with Crippen LogP contribution in [0.15, 0.2) is 24.3 Å². The lowest BCUT2D eigenvalue weighted by molar-refractivity contribution is -0.140. The fourth-order valence-corrected chi connectivity index (χ4v) is 1.96. The summed E-state index contributed by atoms with van der Waals surface area (Å²) in [6, 6.07) is 8.03. The van der Waals surface area contributed by atoms with Crippen LogP contribution >= 0.6 is 0 Å². The first-order valence-corrected chi connectivity index (χ1v) is 6.30. The van der Waals surface area contributed by atoms with Gasteiger partial charge in [-0.3, -0.25) is 4.79 Å². The maximum atomic E-state index is 10.9. The van der Waals surface area contributed by atoms with Gasteiger partial charge >= 0.3 is 5.97 Å². The van der Waals surface area contributed by atoms with Gasteiger partial charge in [-0.25, -0.2) is 4.98 Å². The number of aryl methyl sites for hydroxylation is 1. The van der Waals surface area contributed by atoms with Gasteiger partial charge in [-0.2, -0.15) is 0 Å². The lowest BCUT2D eigenvalue weighted by Gasteiger charge is -1.99. The van der Waals surface area contributed by atoms with Gasteiger partial charge in [0.05, 0.1) is 18.1 Å². The number of aromatic nitrogens is 2. The molecule has 2 rings (SSSR count). The molecule has 4 nitrogen and oxygen atoms in total. The van der Waals surface area contributed by atoms with E-state index in [1.807, 2.05) is 24.3 Å². The van der Waals surface area contributed by atoms with Crippen LogP contribution in [0.5, 0.6) is 0 Å². The zero-order chi connectivity index (χ0) is 12.8. The molecule has 0 saturated heterocycles. The van der Waals surface area contributed by atoms with Gasteiger partial charge in [-0.1, -0.05) is 18.6 Å². The Morgan fingerprint density at radius 3 is 2.89 bits per heavy atom. The Labute approximate surface area is 106 Å². The number of ether oxygens (including phenoxy) is 1. The number of carbonyl (C=O) groups is 1. The number of esters is 1. The molecule has 0 radical (unpaired) electrons. The molecule has 0 amide bonds. The number of fused-ring (bicyclic) bond motifs is 1. The van der Waals surface area contributed by atoms with Crippen molar-refractivity contribution >= 4 is 17.0 Å². The Balaban J connectivity index is 1.75. The summed E-state index contributed by atoms with van der Waals surface area (Å²) < 4.78 is 4.60. The highest BCUT2D eigenvalue weighted by atomic mass is 16.5. The summed E-state index contributed by atoms with van der Waals surface area (Å²) in [5, 5.41) is 0. The SMILES string of the molecule is COC(=O)CCCCCc1nc2ccccc2[nH]1. The number of benzene rings is 1. The Bertz CT molecular complexity index is 486. The van der Waals surface area contributed by atoms with Crippen molar-refractivity contribution in [2.75, 3.05) is 7.11 Å². The standard InChI is InChI=1S/C14H18N2O2/c1-18-14(17)10-4-2-3-9-13-15-11-7-5-6-8-12(11)16-13/h5-8H,2-4,9-10H2,1H3,(H,15,16). The molecule has 1 aromatic heterocycles. The molecule has 1 aromatic carbocycles. The zero-order valence-electron chi connectivity index (χ0n) is 10.6. The van der Waals surface area contributed by atoms with Crippen LogP contribution < -0.4 is 0 Å². The first kappa shape index (κ1) is 12.6. The van der Waals surface area contributed by atoms with Crippen LogP contribution in [0.3, 0.4) is 0 Å². The second-order valence-corrected chi connectivity index (χ2v) is 4.34. The molecule has 0 aliphatic heterocycles. The highest BCUT2D eigenvalue weighted by molar-refractivity contribution is 5.74. The Hall–Kier alpha value is -1.84. The van der Waals surface area contributed by atoms with Gasteiger partial charge in [0.15, 0.2) is 0 Å². The highest BCUT2D eigenvalue weighted by Crippen LogP contribution is 2.12. The number of nitrogens with zero attached hydrogens (tertiary/aromatic N) is 1. The monoisotopic (exact) mass is 246 g/mol. The molecule has 18 heavy (non-hydrogen) atoms. The lowest BCUT2D eigenvalue weighted by atomic mass is 10.1. The third-order valence-corrected chi connectivity index (χ3v) is 2.96. The first-order valence-electron chi connectivity index (χ1n) is 6.30. The molecule has 0 saturated carbocycles. The summed E-state index contributed by atoms with van der Waals surface area (Å²) in [6.07, 6.45) is 4.38. The number of H-pyrrole nitrogens is 1. The van der Waals surface area contributed by atoms with Gasteiger partial charge in [0.1, 0.15) is 5.82 Å². The summed E-state index contributed by atoms with van der Waals surface area (Å²) in [5.41, 5.74) is 2.10. The van der Waals surface area contributed by atoms with Crippen LogP contribution in [0.25, 0.3) is 11.0 Å². The lowest BCUT2D eigenvalue weighted by Crippen LogP contribution is -1.99. The van der Waals surface area contributed by atoms with Crippen LogP contribution in [0, 0.1) is 0 Å². The van der Waals surface area contributed by atoms with E-state index in [1.165, 1.54) is 7.11 Å². The first-order chi connectivity index (χ1) is 8.79. The van der Waals surface area contributed by atoms with Crippen molar-refractivity contribution in [3.05, 3.63) is 30.1 Å². The summed E-state index contributed by atoms with van der Waals surface area (Å²) in [5.74, 6) is 0.896. The molecule has 0 aliphatic carbocycles. The molecule has 0 aliphatic rings. The molecule has 0 unspecified atom stereocenters. The van der Waals surface area contributed by atoms with Crippen molar-refractivity contribution < 1.29 is 9.53 Å². The number of unbranched alkanes of at least 4 members (excludes halogenated alkanes) is 2. The molecule has 0 atom stereocenters. The number of imidazole rings is 1. The predicted octanol–water partition coefficient (Wildman–Crippen LogP) is 2.84. The largest absolute Gasteiger partial charge is 0.469 e. The van der Waals surface area contributed by atoms with Crippen molar-refractivity contribution in [1.82, 2.24) is 9.97 Å². The van der Waals surface area contributed by atoms with Crippen molar-refractivity contribution in [2.45, 2.75) is 32.1 Å². The van der Waals surface area contributed by atoms with Gasteiger partial charge in [0.2, 0.25) is 0 Å².